The SMILES string of the molecule is C#Cc1cc2cc(-n3nc(C)c4c3CC(C)(C)CC4=O)cc(F)c2c(=O)[nH]1. The summed E-state index contributed by atoms with van der Waals surface area (Å²) in [7, 11) is 0. The van der Waals surface area contributed by atoms with Gasteiger partial charge < -0.3 is 4.98 Å². The molecule has 1 aromatic carbocycles. The number of nitrogens with zero attached hydrogens (tertiary/aromatic N) is 2. The number of ketones is 1. The van der Waals surface area contributed by atoms with E-state index in [4.69, 9.17) is 6.42 Å². The number of nitrogens with one attached hydrogen (secondary N) is 1. The molecule has 2 aromatic heterocycles. The second-order valence-electron chi connectivity index (χ2n) is 7.81. The first-order chi connectivity index (χ1) is 12.7. The van der Waals surface area contributed by atoms with Gasteiger partial charge in [0.2, 0.25) is 0 Å². The molecular formula is C21H18FN3O2. The largest absolute Gasteiger partial charge is 0.315 e. The molecule has 0 unspecified atom stereocenters. The highest BCUT2D eigenvalue weighted by Gasteiger charge is 2.35. The van der Waals surface area contributed by atoms with Crippen molar-refractivity contribution in [2.24, 2.45) is 5.41 Å². The maximum Gasteiger partial charge on any atom is 0.259 e. The topological polar surface area (TPSA) is 67.8 Å². The Morgan fingerprint density at radius 1 is 1.26 bits per heavy atom. The third-order valence-corrected chi connectivity index (χ3v) is 5.00. The van der Waals surface area contributed by atoms with E-state index >= 15 is 0 Å². The summed E-state index contributed by atoms with van der Waals surface area (Å²) in [5, 5.41) is 4.84. The molecule has 3 aromatic rings. The van der Waals surface area contributed by atoms with Gasteiger partial charge in [0.15, 0.2) is 5.78 Å². The van der Waals surface area contributed by atoms with Gasteiger partial charge in [-0.25, -0.2) is 9.07 Å². The first kappa shape index (κ1) is 17.2. The Bertz CT molecular complexity index is 1220. The van der Waals surface area contributed by atoms with Gasteiger partial charge in [-0.3, -0.25) is 9.59 Å². The molecule has 0 fully saturated rings. The van der Waals surface area contributed by atoms with E-state index in [-0.39, 0.29) is 22.3 Å². The average molecular weight is 363 g/mol. The van der Waals surface area contributed by atoms with E-state index in [2.05, 4.69) is 16.0 Å². The number of carbonyl (C=O) groups excluding carboxylic acids is 1. The third kappa shape index (κ3) is 2.67. The molecule has 0 saturated heterocycles. The molecule has 27 heavy (non-hydrogen) atoms. The number of aryl methyl sites for hydroxylation is 1. The lowest BCUT2D eigenvalue weighted by Gasteiger charge is -2.29. The number of aromatic nitrogens is 3. The van der Waals surface area contributed by atoms with Crippen LogP contribution in [0.15, 0.2) is 23.0 Å². The molecule has 0 aliphatic heterocycles. The van der Waals surface area contributed by atoms with Gasteiger partial charge in [-0.05, 0) is 36.3 Å². The molecule has 0 spiro atoms. The van der Waals surface area contributed by atoms with Crippen LogP contribution in [0.1, 0.15) is 47.7 Å². The van der Waals surface area contributed by atoms with E-state index in [9.17, 15) is 14.0 Å². The fourth-order valence-electron chi connectivity index (χ4n) is 3.90. The van der Waals surface area contributed by atoms with Crippen molar-refractivity contribution in [2.45, 2.75) is 33.6 Å². The van der Waals surface area contributed by atoms with Crippen LogP contribution in [0.4, 0.5) is 4.39 Å². The normalized spacial score (nSPS) is 15.6. The van der Waals surface area contributed by atoms with Gasteiger partial charge >= 0.3 is 0 Å². The molecule has 1 aliphatic rings. The lowest BCUT2D eigenvalue weighted by atomic mass is 9.75. The predicted octanol–water partition coefficient (Wildman–Crippen LogP) is 3.30. The Morgan fingerprint density at radius 3 is 2.70 bits per heavy atom. The van der Waals surface area contributed by atoms with E-state index in [1.165, 1.54) is 6.07 Å². The van der Waals surface area contributed by atoms with Gasteiger partial charge in [-0.1, -0.05) is 19.8 Å². The lowest BCUT2D eigenvalue weighted by molar-refractivity contribution is 0.0910. The summed E-state index contributed by atoms with van der Waals surface area (Å²) in [4.78, 5) is 27.2. The van der Waals surface area contributed by atoms with Crippen molar-refractivity contribution in [3.8, 4) is 18.0 Å². The van der Waals surface area contributed by atoms with Crippen molar-refractivity contribution in [3.05, 3.63) is 57.0 Å². The summed E-state index contributed by atoms with van der Waals surface area (Å²) in [5.41, 5.74) is 1.99. The van der Waals surface area contributed by atoms with Gasteiger partial charge in [0.25, 0.3) is 5.56 Å². The molecule has 136 valence electrons. The molecule has 0 atom stereocenters. The van der Waals surface area contributed by atoms with Gasteiger partial charge in [0.05, 0.1) is 33.7 Å². The molecule has 0 amide bonds. The van der Waals surface area contributed by atoms with Crippen LogP contribution < -0.4 is 5.56 Å². The fourth-order valence-corrected chi connectivity index (χ4v) is 3.90. The predicted molar refractivity (Wildman–Crippen MR) is 101 cm³/mol. The molecule has 0 radical (unpaired) electrons. The Kier molecular flexibility index (Phi) is 3.60. The monoisotopic (exact) mass is 363 g/mol. The number of pyridine rings is 1. The zero-order valence-electron chi connectivity index (χ0n) is 15.3. The summed E-state index contributed by atoms with van der Waals surface area (Å²) < 4.78 is 16.3. The Morgan fingerprint density at radius 2 is 2.00 bits per heavy atom. The van der Waals surface area contributed by atoms with E-state index in [1.807, 2.05) is 13.8 Å². The minimum absolute atomic E-state index is 0.0492. The number of fused-ring (bicyclic) bond motifs is 2. The standard InChI is InChI=1S/C21H18FN3O2/c1-5-13-6-12-7-14(8-15(22)19(12)20(27)23-13)25-16-9-21(3,4)10-17(26)18(16)11(2)24-25/h1,6-8H,9-10H2,2-4H3,(H,23,27). The van der Waals surface area contributed by atoms with Crippen LogP contribution in [-0.4, -0.2) is 20.5 Å². The molecule has 5 nitrogen and oxygen atoms in total. The average Bonchev–Trinajstić information content (AvgIpc) is 2.89. The molecule has 1 aliphatic carbocycles. The summed E-state index contributed by atoms with van der Waals surface area (Å²) in [5.74, 6) is 1.76. The van der Waals surface area contributed by atoms with Crippen molar-refractivity contribution in [2.75, 3.05) is 0 Å². The highest BCUT2D eigenvalue weighted by Crippen LogP contribution is 2.37. The first-order valence-electron chi connectivity index (χ1n) is 8.65. The number of halogens is 1. The first-order valence-corrected chi connectivity index (χ1v) is 8.65. The molecule has 0 saturated carbocycles. The molecule has 1 N–H and O–H groups in total. The van der Waals surface area contributed by atoms with Gasteiger partial charge in [-0.2, -0.15) is 5.10 Å². The van der Waals surface area contributed by atoms with Crippen LogP contribution in [0.2, 0.25) is 0 Å². The summed E-state index contributed by atoms with van der Waals surface area (Å²) in [6.45, 7) is 5.84. The highest BCUT2D eigenvalue weighted by molar-refractivity contribution is 6.00. The van der Waals surface area contributed by atoms with Crippen LogP contribution in [0.3, 0.4) is 0 Å². The minimum Gasteiger partial charge on any atom is -0.315 e. The van der Waals surface area contributed by atoms with Gasteiger partial charge in [0.1, 0.15) is 5.82 Å². The van der Waals surface area contributed by atoms with Crippen molar-refractivity contribution in [1.29, 1.82) is 0 Å². The minimum atomic E-state index is -0.657. The number of rotatable bonds is 1. The Hall–Kier alpha value is -3.20. The van der Waals surface area contributed by atoms with E-state index < -0.39 is 11.4 Å². The number of benzene rings is 1. The second-order valence-corrected chi connectivity index (χ2v) is 7.81. The van der Waals surface area contributed by atoms with Crippen LogP contribution in [0, 0.1) is 30.5 Å². The quantitative estimate of drug-likeness (QED) is 0.675. The highest BCUT2D eigenvalue weighted by atomic mass is 19.1. The number of terminal acetylenes is 1. The number of H-pyrrole nitrogens is 1. The summed E-state index contributed by atoms with van der Waals surface area (Å²) in [6.07, 6.45) is 6.48. The second kappa shape index (κ2) is 5.65. The van der Waals surface area contributed by atoms with Crippen molar-refractivity contribution < 1.29 is 9.18 Å². The van der Waals surface area contributed by atoms with Crippen molar-refractivity contribution in [3.63, 3.8) is 0 Å². The van der Waals surface area contributed by atoms with E-state index in [1.54, 1.807) is 23.7 Å². The summed E-state index contributed by atoms with van der Waals surface area (Å²) in [6, 6.07) is 4.50. The third-order valence-electron chi connectivity index (χ3n) is 5.00. The van der Waals surface area contributed by atoms with Crippen molar-refractivity contribution in [1.82, 2.24) is 14.8 Å². The number of carbonyl (C=O) groups is 1. The number of hydrogen-bond acceptors (Lipinski definition) is 3. The molecule has 0 bridgehead atoms. The zero-order chi connectivity index (χ0) is 19.5. The number of aromatic amines is 1. The zero-order valence-corrected chi connectivity index (χ0v) is 15.3. The van der Waals surface area contributed by atoms with Crippen LogP contribution in [-0.2, 0) is 6.42 Å². The van der Waals surface area contributed by atoms with Crippen LogP contribution in [0.25, 0.3) is 16.5 Å². The molecule has 4 rings (SSSR count). The lowest BCUT2D eigenvalue weighted by Crippen LogP contribution is -2.28. The maximum absolute atomic E-state index is 14.7. The smallest absolute Gasteiger partial charge is 0.259 e. The Labute approximate surface area is 155 Å². The van der Waals surface area contributed by atoms with E-state index in [0.29, 0.717) is 35.2 Å². The summed E-state index contributed by atoms with van der Waals surface area (Å²) >= 11 is 0. The molecule has 6 heteroatoms. The van der Waals surface area contributed by atoms with E-state index in [0.717, 1.165) is 5.69 Å². The van der Waals surface area contributed by atoms with Gasteiger partial charge in [-0.15, -0.1) is 6.42 Å². The van der Waals surface area contributed by atoms with Crippen LogP contribution in [0.5, 0.6) is 0 Å². The van der Waals surface area contributed by atoms with Crippen molar-refractivity contribution >= 4 is 16.6 Å². The van der Waals surface area contributed by atoms with Gasteiger partial charge in [0, 0.05) is 12.5 Å². The number of Topliss-reactive ketones (excluding diaryl/α,β-unsaturated/α-hetero) is 1. The molecule has 2 heterocycles. The fraction of sp³-hybridized carbons (Fsp3) is 0.286. The number of hydrogen-bond donors (Lipinski definition) is 1. The maximum atomic E-state index is 14.7. The Balaban J connectivity index is 2.00. The van der Waals surface area contributed by atoms with Crippen LogP contribution >= 0.6 is 0 Å². The molecular weight excluding hydrogens is 345 g/mol.